The van der Waals surface area contributed by atoms with Gasteiger partial charge in [0.2, 0.25) is 5.78 Å². The molecule has 0 aromatic heterocycles. The first-order valence-corrected chi connectivity index (χ1v) is 21.7. The van der Waals surface area contributed by atoms with E-state index in [1.165, 1.54) is 56.8 Å². The molecule has 1 aliphatic heterocycles. The Bertz CT molecular complexity index is 1660. The normalized spacial score (nSPS) is 34.6. The third kappa shape index (κ3) is 7.95. The van der Waals surface area contributed by atoms with E-state index < -0.39 is 76.3 Å². The van der Waals surface area contributed by atoms with E-state index in [1.54, 1.807) is 36.3 Å². The van der Waals surface area contributed by atoms with E-state index in [0.29, 0.717) is 30.1 Å². The van der Waals surface area contributed by atoms with Gasteiger partial charge in [0.25, 0.3) is 0 Å². The zero-order chi connectivity index (χ0) is 40.1. The molecule has 1 unspecified atom stereocenters. The summed E-state index contributed by atoms with van der Waals surface area (Å²) in [6.45, 7) is 5.43. The Balaban J connectivity index is 1.07. The second kappa shape index (κ2) is 17.9. The third-order valence-corrected chi connectivity index (χ3v) is 14.4. The van der Waals surface area contributed by atoms with Crippen molar-refractivity contribution in [1.82, 2.24) is 0 Å². The van der Waals surface area contributed by atoms with Crippen LogP contribution < -0.4 is 5.06 Å². The van der Waals surface area contributed by atoms with Crippen molar-refractivity contribution >= 4 is 34.8 Å². The number of fused-ring (bicyclic) bond motifs is 7. The highest BCUT2D eigenvalue weighted by molar-refractivity contribution is 6.30. The molecule has 3 saturated carbocycles. The zero-order valence-corrected chi connectivity index (χ0v) is 34.3. The van der Waals surface area contributed by atoms with Crippen molar-refractivity contribution in [1.29, 1.82) is 0 Å². The van der Waals surface area contributed by atoms with Crippen LogP contribution in [0.2, 0.25) is 5.02 Å². The Morgan fingerprint density at radius 1 is 0.964 bits per heavy atom. The molecule has 10 heteroatoms. The van der Waals surface area contributed by atoms with Gasteiger partial charge in [-0.3, -0.25) is 24.3 Å². The number of rotatable bonds is 19. The number of unbranched alkanes of at least 4 members (excludes halogenated alkanes) is 11. The first-order valence-electron chi connectivity index (χ1n) is 21.3. The minimum Gasteiger partial charge on any atom is -0.458 e. The molecule has 1 aromatic rings. The maximum atomic E-state index is 17.9. The molecule has 0 radical (unpaired) electrons. The van der Waals surface area contributed by atoms with Gasteiger partial charge in [-0.15, -0.1) is 0 Å². The van der Waals surface area contributed by atoms with E-state index in [-0.39, 0.29) is 24.8 Å². The first kappa shape index (κ1) is 42.7. The molecule has 4 fully saturated rings. The summed E-state index contributed by atoms with van der Waals surface area (Å²) in [5.41, 5.74) is -5.78. The second-order valence-corrected chi connectivity index (χ2v) is 18.0. The lowest BCUT2D eigenvalue weighted by atomic mass is 9.44. The number of anilines is 1. The van der Waals surface area contributed by atoms with E-state index >= 15 is 8.78 Å². The largest absolute Gasteiger partial charge is 0.458 e. The minimum absolute atomic E-state index is 0.0544. The van der Waals surface area contributed by atoms with E-state index in [0.717, 1.165) is 38.5 Å². The van der Waals surface area contributed by atoms with Crippen LogP contribution in [-0.2, 0) is 24.0 Å². The molecule has 4 aliphatic carbocycles. The number of Topliss-reactive ketones (excluding diaryl/α,β-unsaturated/α-hetero) is 1. The summed E-state index contributed by atoms with van der Waals surface area (Å²) in [5, 5.41) is 14.1. The van der Waals surface area contributed by atoms with Crippen LogP contribution in [0.1, 0.15) is 130 Å². The van der Waals surface area contributed by atoms with Gasteiger partial charge < -0.3 is 9.84 Å². The number of allylic oxidation sites excluding steroid dienone is 6. The van der Waals surface area contributed by atoms with Crippen molar-refractivity contribution in [3.63, 3.8) is 0 Å². The average Bonchev–Trinajstić information content (AvgIpc) is 3.67. The molecule has 1 aromatic carbocycles. The molecule has 0 bridgehead atoms. The van der Waals surface area contributed by atoms with Crippen LogP contribution in [0.15, 0.2) is 60.2 Å². The summed E-state index contributed by atoms with van der Waals surface area (Å²) in [6.07, 6.45) is 20.4. The van der Waals surface area contributed by atoms with Gasteiger partial charge >= 0.3 is 5.97 Å². The van der Waals surface area contributed by atoms with Gasteiger partial charge in [-0.2, -0.15) is 0 Å². The van der Waals surface area contributed by atoms with Gasteiger partial charge in [-0.1, -0.05) is 95.0 Å². The number of hydrogen-bond donors (Lipinski definition) is 1. The topological polar surface area (TPSA) is 93.1 Å². The molecule has 1 heterocycles. The van der Waals surface area contributed by atoms with Gasteiger partial charge in [0.05, 0.1) is 18.3 Å². The highest BCUT2D eigenvalue weighted by Crippen LogP contribution is 2.72. The maximum absolute atomic E-state index is 17.9. The summed E-state index contributed by atoms with van der Waals surface area (Å²) < 4.78 is 39.6. The van der Waals surface area contributed by atoms with Crippen molar-refractivity contribution in [2.24, 2.45) is 28.6 Å². The number of nitrogens with zero attached hydrogens (tertiary/aromatic N) is 1. The van der Waals surface area contributed by atoms with Crippen molar-refractivity contribution in [3.05, 3.63) is 65.2 Å². The number of benzene rings is 1. The number of hydroxylamine groups is 1. The number of aliphatic hydroxyl groups is 1. The summed E-state index contributed by atoms with van der Waals surface area (Å²) in [4.78, 5) is 46.6. The zero-order valence-electron chi connectivity index (χ0n) is 33.6. The fourth-order valence-electron chi connectivity index (χ4n) is 11.2. The molecular weight excluding hydrogens is 736 g/mol. The maximum Gasteiger partial charge on any atom is 0.306 e. The van der Waals surface area contributed by atoms with Crippen molar-refractivity contribution < 1.29 is 37.8 Å². The highest BCUT2D eigenvalue weighted by atomic mass is 35.5. The van der Waals surface area contributed by atoms with Crippen molar-refractivity contribution in [3.8, 4) is 0 Å². The molecule has 308 valence electrons. The van der Waals surface area contributed by atoms with Crippen molar-refractivity contribution in [2.45, 2.75) is 153 Å². The number of ether oxygens (including phenoxy) is 1. The van der Waals surface area contributed by atoms with E-state index in [1.807, 2.05) is 6.92 Å². The fraction of sp³-hybridized carbons (Fsp3) is 0.674. The predicted molar refractivity (Wildman–Crippen MR) is 216 cm³/mol. The Hall–Kier alpha value is -2.88. The number of hydrogen-bond acceptors (Lipinski definition) is 7. The number of carbonyl (C=O) groups is 3. The number of carbonyl (C=O) groups excluding carboxylic acids is 3. The molecule has 0 spiro atoms. The molecule has 1 saturated heterocycles. The average molecular weight is 798 g/mol. The van der Waals surface area contributed by atoms with E-state index in [2.05, 4.69) is 19.1 Å². The lowest BCUT2D eigenvalue weighted by Gasteiger charge is -2.63. The first-order chi connectivity index (χ1) is 26.8. The molecule has 1 N–H and O–H groups in total. The highest BCUT2D eigenvalue weighted by Gasteiger charge is 2.79. The fourth-order valence-corrected chi connectivity index (χ4v) is 11.3. The van der Waals surface area contributed by atoms with Crippen LogP contribution >= 0.6 is 11.6 Å². The van der Waals surface area contributed by atoms with E-state index in [9.17, 15) is 19.5 Å². The van der Waals surface area contributed by atoms with Crippen LogP contribution in [0.3, 0.4) is 0 Å². The minimum atomic E-state index is -2.28. The van der Waals surface area contributed by atoms with Crippen LogP contribution in [0.5, 0.6) is 0 Å². The number of halogens is 3. The second-order valence-electron chi connectivity index (χ2n) is 17.6. The SMILES string of the molecule is CCCCCCCC/C=C\CCCCCCCC(=O)OCC(=O)[C@@]12ON(c3ccc(Cl)cc3)C[C@@H]1CC1[C@@H]3C[C@H](F)C4=CC(=O)C=C[C@]4(C)[C@@]3(F)[C@@H](O)C[C@@]12C. The summed E-state index contributed by atoms with van der Waals surface area (Å²) >= 11 is 6.17. The van der Waals surface area contributed by atoms with Crippen LogP contribution in [0.25, 0.3) is 0 Å². The molecule has 5 aliphatic rings. The molecule has 56 heavy (non-hydrogen) atoms. The van der Waals surface area contributed by atoms with Crippen LogP contribution in [0.4, 0.5) is 14.5 Å². The third-order valence-electron chi connectivity index (χ3n) is 14.2. The van der Waals surface area contributed by atoms with Gasteiger partial charge in [0, 0.05) is 34.1 Å². The molecule has 9 atom stereocenters. The lowest BCUT2D eigenvalue weighted by Crippen LogP contribution is -2.70. The molecule has 0 amide bonds. The van der Waals surface area contributed by atoms with E-state index in [4.69, 9.17) is 21.2 Å². The number of esters is 1. The Kier molecular flexibility index (Phi) is 13.7. The monoisotopic (exact) mass is 797 g/mol. The standard InChI is InChI=1S/C46H62ClF2NO6/c1-4-5-6-7-8-9-10-11-12-13-14-15-16-17-18-19-42(54)55-31-41(53)46-32(30-50(56-46)34-22-20-33(47)21-23-34)26-36-37-28-39(48)38-27-35(51)24-25-43(38,2)45(37,49)40(52)29-44(36,46)3/h11-12,20-25,27,32,36-37,39-40,52H,4-10,13-19,26,28-31H2,1-3H3/b12-11-/t32-,36?,37-,39-,40-,43-,44-,45-,46-/m0/s1. The summed E-state index contributed by atoms with van der Waals surface area (Å²) in [6, 6.07) is 7.03. The molecule has 6 rings (SSSR count). The number of aliphatic hydroxyl groups excluding tert-OH is 1. The summed E-state index contributed by atoms with van der Waals surface area (Å²) in [7, 11) is 0. The Labute approximate surface area is 337 Å². The Morgan fingerprint density at radius 3 is 2.29 bits per heavy atom. The molecular formula is C46H62ClF2NO6. The van der Waals surface area contributed by atoms with Gasteiger partial charge in [0.1, 0.15) is 6.17 Å². The van der Waals surface area contributed by atoms with Gasteiger partial charge in [-0.05, 0) is 106 Å². The molecule has 7 nitrogen and oxygen atoms in total. The quantitative estimate of drug-likeness (QED) is 0.0846. The van der Waals surface area contributed by atoms with Gasteiger partial charge in [0.15, 0.2) is 23.7 Å². The van der Waals surface area contributed by atoms with Crippen molar-refractivity contribution in [2.75, 3.05) is 18.2 Å². The van der Waals surface area contributed by atoms with Crippen LogP contribution in [-0.4, -0.2) is 59.3 Å². The van der Waals surface area contributed by atoms with Crippen LogP contribution in [0, 0.1) is 28.6 Å². The number of ketones is 2. The van der Waals surface area contributed by atoms with Gasteiger partial charge in [-0.25, -0.2) is 8.78 Å². The predicted octanol–water partition coefficient (Wildman–Crippen LogP) is 10.5. The Morgan fingerprint density at radius 2 is 1.61 bits per heavy atom. The summed E-state index contributed by atoms with van der Waals surface area (Å²) in [5.74, 6) is -3.25. The smallest absolute Gasteiger partial charge is 0.306 e. The number of alkyl halides is 2. The lowest BCUT2D eigenvalue weighted by molar-refractivity contribution is -0.228.